The van der Waals surface area contributed by atoms with Gasteiger partial charge in [0.25, 0.3) is 5.56 Å². The van der Waals surface area contributed by atoms with Crippen molar-refractivity contribution in [1.82, 2.24) is 9.55 Å². The Bertz CT molecular complexity index is 713. The zero-order valence-corrected chi connectivity index (χ0v) is 14.5. The highest BCUT2D eigenvalue weighted by atomic mass is 32.2. The van der Waals surface area contributed by atoms with Crippen molar-refractivity contribution in [3.63, 3.8) is 0 Å². The Morgan fingerprint density at radius 3 is 2.86 bits per heavy atom. The van der Waals surface area contributed by atoms with Gasteiger partial charge in [0.1, 0.15) is 0 Å². The van der Waals surface area contributed by atoms with Crippen molar-refractivity contribution < 1.29 is 0 Å². The van der Waals surface area contributed by atoms with E-state index in [1.807, 2.05) is 22.8 Å². The van der Waals surface area contributed by atoms with E-state index in [2.05, 4.69) is 26.0 Å². The van der Waals surface area contributed by atoms with E-state index < -0.39 is 0 Å². The molecule has 0 saturated carbocycles. The number of aromatic nitrogens is 2. The fourth-order valence-electron chi connectivity index (χ4n) is 2.65. The van der Waals surface area contributed by atoms with Gasteiger partial charge < -0.3 is 0 Å². The minimum atomic E-state index is 0.145. The van der Waals surface area contributed by atoms with Gasteiger partial charge in [-0.25, -0.2) is 4.98 Å². The molecule has 1 atom stereocenters. The van der Waals surface area contributed by atoms with Crippen molar-refractivity contribution in [1.29, 1.82) is 0 Å². The summed E-state index contributed by atoms with van der Waals surface area (Å²) in [7, 11) is 0. The maximum absolute atomic E-state index is 12.8. The van der Waals surface area contributed by atoms with E-state index in [4.69, 9.17) is 4.98 Å². The molecule has 0 bridgehead atoms. The molecule has 0 aliphatic carbocycles. The van der Waals surface area contributed by atoms with Crippen LogP contribution in [0.3, 0.4) is 0 Å². The van der Waals surface area contributed by atoms with Crippen molar-refractivity contribution in [3.8, 4) is 0 Å². The normalized spacial score (nSPS) is 16.7. The van der Waals surface area contributed by atoms with Gasteiger partial charge in [-0.1, -0.05) is 55.9 Å². The molecule has 2 heterocycles. The van der Waals surface area contributed by atoms with E-state index in [1.165, 1.54) is 5.56 Å². The van der Waals surface area contributed by atoms with Crippen molar-refractivity contribution >= 4 is 23.5 Å². The second kappa shape index (κ2) is 6.92. The molecule has 5 heteroatoms. The van der Waals surface area contributed by atoms with Crippen LogP contribution in [-0.4, -0.2) is 20.6 Å². The Hall–Kier alpha value is -1.20. The lowest BCUT2D eigenvalue weighted by atomic mass is 10.1. The Balaban J connectivity index is 1.92. The highest BCUT2D eigenvalue weighted by Gasteiger charge is 2.26. The summed E-state index contributed by atoms with van der Waals surface area (Å²) >= 11 is 3.34. The quantitative estimate of drug-likeness (QED) is 0.618. The van der Waals surface area contributed by atoms with Crippen LogP contribution in [0.5, 0.6) is 0 Å². The molecule has 3 rings (SSSR count). The maximum Gasteiger partial charge on any atom is 0.268 e. The summed E-state index contributed by atoms with van der Waals surface area (Å²) in [4.78, 5) is 18.4. The van der Waals surface area contributed by atoms with E-state index in [0.29, 0.717) is 11.8 Å². The third kappa shape index (κ3) is 3.25. The Morgan fingerprint density at radius 2 is 2.14 bits per heavy atom. The number of benzene rings is 1. The second-order valence-corrected chi connectivity index (χ2v) is 8.11. The fraction of sp³-hybridized carbons (Fsp3) is 0.412. The highest BCUT2D eigenvalue weighted by Crippen LogP contribution is 2.34. The molecular formula is C17H20N2OS2. The second-order valence-electron chi connectivity index (χ2n) is 5.43. The van der Waals surface area contributed by atoms with Crippen molar-refractivity contribution in [2.75, 3.05) is 5.75 Å². The monoisotopic (exact) mass is 332 g/mol. The van der Waals surface area contributed by atoms with Crippen LogP contribution in [-0.2, 0) is 19.4 Å². The van der Waals surface area contributed by atoms with Crippen LogP contribution in [0, 0.1) is 0 Å². The summed E-state index contributed by atoms with van der Waals surface area (Å²) in [6, 6.07) is 10.3. The summed E-state index contributed by atoms with van der Waals surface area (Å²) in [5.41, 5.74) is 2.39. The number of fused-ring (bicyclic) bond motifs is 1. The van der Waals surface area contributed by atoms with Gasteiger partial charge in [-0.15, -0.1) is 11.8 Å². The summed E-state index contributed by atoms with van der Waals surface area (Å²) < 4.78 is 1.87. The zero-order valence-electron chi connectivity index (χ0n) is 12.9. The molecule has 0 spiro atoms. The first kappa shape index (κ1) is 15.7. The number of hydrogen-bond donors (Lipinski definition) is 0. The summed E-state index contributed by atoms with van der Waals surface area (Å²) in [6.07, 6.45) is 1.77. The van der Waals surface area contributed by atoms with Gasteiger partial charge in [-0.3, -0.25) is 9.36 Å². The van der Waals surface area contributed by atoms with Crippen molar-refractivity contribution in [2.45, 2.75) is 48.5 Å². The van der Waals surface area contributed by atoms with E-state index in [-0.39, 0.29) is 5.56 Å². The number of hydrogen-bond acceptors (Lipinski definition) is 4. The van der Waals surface area contributed by atoms with Gasteiger partial charge in [0.2, 0.25) is 0 Å². The first-order chi connectivity index (χ1) is 10.7. The molecule has 22 heavy (non-hydrogen) atoms. The number of nitrogens with zero attached hydrogens (tertiary/aromatic N) is 2. The minimum absolute atomic E-state index is 0.145. The molecule has 3 nitrogen and oxygen atoms in total. The van der Waals surface area contributed by atoms with Crippen LogP contribution in [0.25, 0.3) is 0 Å². The summed E-state index contributed by atoms with van der Waals surface area (Å²) in [5.74, 6) is 0.930. The number of rotatable bonds is 5. The van der Waals surface area contributed by atoms with Gasteiger partial charge in [0.05, 0.1) is 10.6 Å². The third-order valence-electron chi connectivity index (χ3n) is 3.70. The molecule has 0 fully saturated rings. The highest BCUT2D eigenvalue weighted by molar-refractivity contribution is 8.00. The van der Waals surface area contributed by atoms with Crippen molar-refractivity contribution in [2.24, 2.45) is 0 Å². The van der Waals surface area contributed by atoms with Gasteiger partial charge in [-0.2, -0.15) is 0 Å². The van der Waals surface area contributed by atoms with Crippen molar-refractivity contribution in [3.05, 3.63) is 51.9 Å². The lowest BCUT2D eigenvalue weighted by Crippen LogP contribution is -2.26. The topological polar surface area (TPSA) is 34.9 Å². The van der Waals surface area contributed by atoms with E-state index in [0.717, 1.165) is 34.3 Å². The predicted octanol–water partition coefficient (Wildman–Crippen LogP) is 3.63. The number of thioether (sulfide) groups is 2. The van der Waals surface area contributed by atoms with Gasteiger partial charge in [-0.05, 0) is 17.7 Å². The standard InChI is InChI=1S/C17H20N2OS2/c1-3-21-17-18-14-11-12(2)22-15(14)16(20)19(17)10-9-13-7-5-4-6-8-13/h4-8,12H,3,9-11H2,1-2H3/t12-/m1/s1. The lowest BCUT2D eigenvalue weighted by molar-refractivity contribution is 0.565. The maximum atomic E-state index is 12.8. The largest absolute Gasteiger partial charge is 0.286 e. The Morgan fingerprint density at radius 1 is 1.36 bits per heavy atom. The number of aryl methyl sites for hydroxylation is 1. The van der Waals surface area contributed by atoms with Crippen LogP contribution in [0.4, 0.5) is 0 Å². The predicted molar refractivity (Wildman–Crippen MR) is 94.1 cm³/mol. The molecule has 0 amide bonds. The minimum Gasteiger partial charge on any atom is -0.286 e. The molecule has 2 aromatic rings. The zero-order chi connectivity index (χ0) is 15.5. The van der Waals surface area contributed by atoms with Crippen LogP contribution in [0.2, 0.25) is 0 Å². The molecule has 0 radical (unpaired) electrons. The molecule has 1 aromatic carbocycles. The fourth-order valence-corrected chi connectivity index (χ4v) is 4.54. The van der Waals surface area contributed by atoms with Gasteiger partial charge >= 0.3 is 0 Å². The van der Waals surface area contributed by atoms with Crippen LogP contribution in [0.15, 0.2) is 45.2 Å². The molecule has 0 saturated heterocycles. The molecule has 1 aromatic heterocycles. The molecule has 1 aliphatic rings. The van der Waals surface area contributed by atoms with Crippen LogP contribution < -0.4 is 5.56 Å². The summed E-state index contributed by atoms with van der Waals surface area (Å²) in [6.45, 7) is 4.95. The Labute approximate surface area is 139 Å². The average molecular weight is 332 g/mol. The first-order valence-corrected chi connectivity index (χ1v) is 9.52. The smallest absolute Gasteiger partial charge is 0.268 e. The third-order valence-corrected chi connectivity index (χ3v) is 5.78. The molecular weight excluding hydrogens is 312 g/mol. The summed E-state index contributed by atoms with van der Waals surface area (Å²) in [5, 5.41) is 1.33. The van der Waals surface area contributed by atoms with Gasteiger partial charge in [0.15, 0.2) is 5.16 Å². The van der Waals surface area contributed by atoms with E-state index >= 15 is 0 Å². The van der Waals surface area contributed by atoms with Gasteiger partial charge in [0, 0.05) is 18.2 Å². The molecule has 0 N–H and O–H groups in total. The molecule has 0 unspecified atom stereocenters. The van der Waals surface area contributed by atoms with Crippen LogP contribution in [0.1, 0.15) is 25.1 Å². The molecule has 116 valence electrons. The average Bonchev–Trinajstić information content (AvgIpc) is 2.89. The first-order valence-electron chi connectivity index (χ1n) is 7.66. The SMILES string of the molecule is CCSc1nc2c(c(=O)n1CCc1ccccc1)S[C@H](C)C2. The van der Waals surface area contributed by atoms with E-state index in [9.17, 15) is 4.79 Å². The Kier molecular flexibility index (Phi) is 4.93. The lowest BCUT2D eigenvalue weighted by Gasteiger charge is -2.13. The van der Waals surface area contributed by atoms with E-state index in [1.54, 1.807) is 23.5 Å². The van der Waals surface area contributed by atoms with Crippen LogP contribution >= 0.6 is 23.5 Å². The molecule has 1 aliphatic heterocycles.